The normalized spacial score (nSPS) is 10.7. The number of benzene rings is 3. The first-order valence-electron chi connectivity index (χ1n) is 7.21. The van der Waals surface area contributed by atoms with Gasteiger partial charge in [0.1, 0.15) is 5.75 Å². The number of anilines is 1. The third kappa shape index (κ3) is 3.61. The summed E-state index contributed by atoms with van der Waals surface area (Å²) in [5.74, 6) is -4.70. The van der Waals surface area contributed by atoms with E-state index in [0.29, 0.717) is 10.2 Å². The van der Waals surface area contributed by atoms with Crippen LogP contribution in [-0.2, 0) is 4.79 Å². The first-order valence-corrected chi connectivity index (χ1v) is 8.00. The number of ether oxygens (including phenoxy) is 1. The number of carbonyl (C=O) groups excluding carboxylic acids is 1. The van der Waals surface area contributed by atoms with E-state index in [4.69, 9.17) is 4.74 Å². The predicted molar refractivity (Wildman–Crippen MR) is 92.1 cm³/mol. The second-order valence-corrected chi connectivity index (χ2v) is 5.95. The van der Waals surface area contributed by atoms with Gasteiger partial charge in [0.05, 0.1) is 10.2 Å². The van der Waals surface area contributed by atoms with E-state index >= 15 is 0 Å². The monoisotopic (exact) mass is 409 g/mol. The van der Waals surface area contributed by atoms with Gasteiger partial charge in [-0.2, -0.15) is 0 Å². The number of rotatable bonds is 4. The van der Waals surface area contributed by atoms with Gasteiger partial charge in [-0.05, 0) is 44.9 Å². The summed E-state index contributed by atoms with van der Waals surface area (Å²) in [6.45, 7) is -0.421. The Bertz CT molecular complexity index is 962. The third-order valence-corrected chi connectivity index (χ3v) is 4.31. The fraction of sp³-hybridized carbons (Fsp3) is 0.0556. The minimum atomic E-state index is -1.64. The molecule has 3 rings (SSSR count). The van der Waals surface area contributed by atoms with Crippen LogP contribution in [-0.4, -0.2) is 12.5 Å². The Morgan fingerprint density at radius 3 is 2.56 bits per heavy atom. The van der Waals surface area contributed by atoms with Crippen molar-refractivity contribution in [2.45, 2.75) is 0 Å². The number of fused-ring (bicyclic) bond motifs is 1. The van der Waals surface area contributed by atoms with Crippen LogP contribution in [0.3, 0.4) is 0 Å². The molecule has 0 aliphatic rings. The number of amides is 1. The van der Waals surface area contributed by atoms with E-state index in [1.54, 1.807) is 6.07 Å². The maximum Gasteiger partial charge on any atom is 0.262 e. The van der Waals surface area contributed by atoms with E-state index in [2.05, 4.69) is 21.2 Å². The standard InChI is InChI=1S/C18H11BrF3NO2/c19-16-11-4-2-1-3-10(11)5-8-14(16)25-9-15(24)23-13-7-6-12(20)17(21)18(13)22/h1-8H,9H2,(H,23,24). The van der Waals surface area contributed by atoms with Gasteiger partial charge in [-0.15, -0.1) is 0 Å². The Hall–Kier alpha value is -2.54. The molecule has 1 amide bonds. The third-order valence-electron chi connectivity index (χ3n) is 3.50. The highest BCUT2D eigenvalue weighted by Crippen LogP contribution is 2.33. The van der Waals surface area contributed by atoms with Crippen LogP contribution < -0.4 is 10.1 Å². The highest BCUT2D eigenvalue weighted by Gasteiger charge is 2.16. The van der Waals surface area contributed by atoms with Crippen molar-refractivity contribution >= 4 is 38.3 Å². The van der Waals surface area contributed by atoms with Crippen molar-refractivity contribution in [3.63, 3.8) is 0 Å². The maximum atomic E-state index is 13.5. The van der Waals surface area contributed by atoms with Crippen molar-refractivity contribution in [1.29, 1.82) is 0 Å². The Labute approximate surface area is 149 Å². The van der Waals surface area contributed by atoms with Crippen LogP contribution in [0.2, 0.25) is 0 Å². The second-order valence-electron chi connectivity index (χ2n) is 5.16. The number of carbonyl (C=O) groups is 1. The lowest BCUT2D eigenvalue weighted by Crippen LogP contribution is -2.21. The molecule has 3 nitrogen and oxygen atoms in total. The largest absolute Gasteiger partial charge is 0.483 e. The molecule has 0 unspecified atom stereocenters. The maximum absolute atomic E-state index is 13.5. The fourth-order valence-electron chi connectivity index (χ4n) is 2.28. The van der Waals surface area contributed by atoms with Gasteiger partial charge in [0, 0.05) is 0 Å². The average Bonchev–Trinajstić information content (AvgIpc) is 2.62. The van der Waals surface area contributed by atoms with Crippen LogP contribution in [0, 0.1) is 17.5 Å². The molecule has 0 bridgehead atoms. The Kier molecular flexibility index (Phi) is 4.94. The van der Waals surface area contributed by atoms with Crippen molar-refractivity contribution in [3.8, 4) is 5.75 Å². The fourth-order valence-corrected chi connectivity index (χ4v) is 2.88. The molecule has 3 aromatic rings. The van der Waals surface area contributed by atoms with Gasteiger partial charge in [0.2, 0.25) is 0 Å². The Morgan fingerprint density at radius 1 is 1.00 bits per heavy atom. The summed E-state index contributed by atoms with van der Waals surface area (Å²) >= 11 is 3.42. The molecule has 1 N–H and O–H groups in total. The van der Waals surface area contributed by atoms with E-state index in [-0.39, 0.29) is 0 Å². The molecule has 0 fully saturated rings. The number of hydrogen-bond acceptors (Lipinski definition) is 2. The van der Waals surface area contributed by atoms with Gasteiger partial charge < -0.3 is 10.1 Å². The average molecular weight is 410 g/mol. The van der Waals surface area contributed by atoms with Crippen LogP contribution in [0.1, 0.15) is 0 Å². The zero-order valence-corrected chi connectivity index (χ0v) is 14.2. The SMILES string of the molecule is O=C(COc1ccc2ccccc2c1Br)Nc1ccc(F)c(F)c1F. The van der Waals surface area contributed by atoms with Crippen molar-refractivity contribution in [2.24, 2.45) is 0 Å². The number of halogens is 4. The molecule has 25 heavy (non-hydrogen) atoms. The molecule has 7 heteroatoms. The van der Waals surface area contributed by atoms with Crippen LogP contribution >= 0.6 is 15.9 Å². The van der Waals surface area contributed by atoms with Crippen LogP contribution in [0.15, 0.2) is 53.0 Å². The van der Waals surface area contributed by atoms with Crippen LogP contribution in [0.4, 0.5) is 18.9 Å². The molecule has 0 saturated heterocycles. The smallest absolute Gasteiger partial charge is 0.262 e. The molecular weight excluding hydrogens is 399 g/mol. The molecule has 0 saturated carbocycles. The van der Waals surface area contributed by atoms with Crippen molar-refractivity contribution in [2.75, 3.05) is 11.9 Å². The van der Waals surface area contributed by atoms with Crippen LogP contribution in [0.5, 0.6) is 5.75 Å². The zero-order chi connectivity index (χ0) is 18.0. The zero-order valence-electron chi connectivity index (χ0n) is 12.7. The summed E-state index contributed by atoms with van der Waals surface area (Å²) in [6, 6.07) is 12.8. The van der Waals surface area contributed by atoms with Gasteiger partial charge in [-0.1, -0.05) is 30.3 Å². The second kappa shape index (κ2) is 7.14. The minimum Gasteiger partial charge on any atom is -0.483 e. The van der Waals surface area contributed by atoms with Gasteiger partial charge in [0.25, 0.3) is 5.91 Å². The topological polar surface area (TPSA) is 38.3 Å². The summed E-state index contributed by atoms with van der Waals surface area (Å²) < 4.78 is 45.7. The van der Waals surface area contributed by atoms with E-state index in [9.17, 15) is 18.0 Å². The van der Waals surface area contributed by atoms with E-state index in [0.717, 1.165) is 22.9 Å². The highest BCUT2D eigenvalue weighted by molar-refractivity contribution is 9.10. The summed E-state index contributed by atoms with van der Waals surface area (Å²) in [5.41, 5.74) is -0.454. The molecule has 3 aromatic carbocycles. The molecule has 0 aromatic heterocycles. The Balaban J connectivity index is 1.71. The molecule has 0 atom stereocenters. The molecule has 0 aliphatic carbocycles. The van der Waals surface area contributed by atoms with Crippen LogP contribution in [0.25, 0.3) is 10.8 Å². The lowest BCUT2D eigenvalue weighted by molar-refractivity contribution is -0.118. The van der Waals surface area contributed by atoms with Gasteiger partial charge >= 0.3 is 0 Å². The molecular formula is C18H11BrF3NO2. The number of nitrogens with one attached hydrogen (secondary N) is 1. The molecule has 0 radical (unpaired) electrons. The molecule has 0 heterocycles. The number of hydrogen-bond donors (Lipinski definition) is 1. The van der Waals surface area contributed by atoms with Gasteiger partial charge in [-0.25, -0.2) is 13.2 Å². The van der Waals surface area contributed by atoms with E-state index < -0.39 is 35.7 Å². The summed E-state index contributed by atoms with van der Waals surface area (Å²) in [4.78, 5) is 11.9. The Morgan fingerprint density at radius 2 is 1.76 bits per heavy atom. The summed E-state index contributed by atoms with van der Waals surface area (Å²) in [5, 5.41) is 4.05. The lowest BCUT2D eigenvalue weighted by atomic mass is 10.1. The van der Waals surface area contributed by atoms with Gasteiger partial charge in [0.15, 0.2) is 24.1 Å². The predicted octanol–water partition coefficient (Wildman–Crippen LogP) is 5.04. The van der Waals surface area contributed by atoms with Crippen molar-refractivity contribution < 1.29 is 22.7 Å². The lowest BCUT2D eigenvalue weighted by Gasteiger charge is -2.11. The summed E-state index contributed by atoms with van der Waals surface area (Å²) in [6.07, 6.45) is 0. The van der Waals surface area contributed by atoms with E-state index in [1.165, 1.54) is 0 Å². The molecule has 128 valence electrons. The van der Waals surface area contributed by atoms with Crippen molar-refractivity contribution in [3.05, 3.63) is 70.5 Å². The van der Waals surface area contributed by atoms with Crippen molar-refractivity contribution in [1.82, 2.24) is 0 Å². The first-order chi connectivity index (χ1) is 12.0. The molecule has 0 aliphatic heterocycles. The quantitative estimate of drug-likeness (QED) is 0.613. The minimum absolute atomic E-state index is 0.421. The summed E-state index contributed by atoms with van der Waals surface area (Å²) in [7, 11) is 0. The molecule has 0 spiro atoms. The first kappa shape index (κ1) is 17.3. The highest BCUT2D eigenvalue weighted by atomic mass is 79.9. The van der Waals surface area contributed by atoms with Gasteiger partial charge in [-0.3, -0.25) is 4.79 Å². The van der Waals surface area contributed by atoms with E-state index in [1.807, 2.05) is 30.3 Å².